The van der Waals surface area contributed by atoms with Crippen LogP contribution in [0.25, 0.3) is 105 Å². The maximum Gasteiger partial charge on any atom is 0.180 e. The molecule has 0 saturated carbocycles. The summed E-state index contributed by atoms with van der Waals surface area (Å²) in [4.78, 5) is 10.5. The van der Waals surface area contributed by atoms with Crippen LogP contribution in [0, 0.1) is 0 Å². The Hall–Kier alpha value is -6.98. The van der Waals surface area contributed by atoms with Crippen LogP contribution in [0.3, 0.4) is 0 Å². The first kappa shape index (κ1) is 27.9. The molecule has 5 heteroatoms. The van der Waals surface area contributed by atoms with Gasteiger partial charge in [0.25, 0.3) is 0 Å². The molecule has 7 aromatic carbocycles. The van der Waals surface area contributed by atoms with E-state index in [2.05, 4.69) is 120 Å². The quantitative estimate of drug-likeness (QED) is 0.190. The van der Waals surface area contributed by atoms with E-state index in [1.165, 1.54) is 10.8 Å². The van der Waals surface area contributed by atoms with Crippen LogP contribution in [0.4, 0.5) is 0 Å². The van der Waals surface area contributed by atoms with Gasteiger partial charge < -0.3 is 13.4 Å². The SMILES string of the molecule is c1ccc(-c2nc(-c3cccc4oc5ccccc5c34)c3oc4c(-c5cccc6c5c5ccccc5n6-c5ccccc5)cccc4c3n2)cc1. The molecule has 0 saturated heterocycles. The second-order valence-electron chi connectivity index (χ2n) is 12.9. The van der Waals surface area contributed by atoms with Gasteiger partial charge in [-0.05, 0) is 48.0 Å². The van der Waals surface area contributed by atoms with Crippen molar-refractivity contribution in [1.82, 2.24) is 14.5 Å². The van der Waals surface area contributed by atoms with Crippen LogP contribution in [-0.4, -0.2) is 14.5 Å². The Kier molecular flexibility index (Phi) is 5.89. The molecule has 0 aliphatic heterocycles. The Balaban J connectivity index is 1.24. The van der Waals surface area contributed by atoms with Crippen molar-refractivity contribution >= 4 is 65.8 Å². The first-order valence-electron chi connectivity index (χ1n) is 17.1. The molecule has 238 valence electrons. The number of hydrogen-bond acceptors (Lipinski definition) is 4. The van der Waals surface area contributed by atoms with Crippen LogP contribution in [0.15, 0.2) is 173 Å². The van der Waals surface area contributed by atoms with Gasteiger partial charge in [0.1, 0.15) is 28.0 Å². The average Bonchev–Trinajstić information content (AvgIpc) is 3.88. The van der Waals surface area contributed by atoms with Crippen molar-refractivity contribution in [2.75, 3.05) is 0 Å². The summed E-state index contributed by atoms with van der Waals surface area (Å²) < 4.78 is 15.7. The molecule has 51 heavy (non-hydrogen) atoms. The monoisotopic (exact) mass is 653 g/mol. The van der Waals surface area contributed by atoms with Crippen molar-refractivity contribution in [2.45, 2.75) is 0 Å². The fraction of sp³-hybridized carbons (Fsp3) is 0. The van der Waals surface area contributed by atoms with Gasteiger partial charge in [-0.15, -0.1) is 0 Å². The number of hydrogen-bond donors (Lipinski definition) is 0. The zero-order valence-electron chi connectivity index (χ0n) is 27.2. The topological polar surface area (TPSA) is 57.0 Å². The summed E-state index contributed by atoms with van der Waals surface area (Å²) in [6, 6.07) is 56.5. The average molecular weight is 654 g/mol. The van der Waals surface area contributed by atoms with E-state index in [4.69, 9.17) is 18.8 Å². The summed E-state index contributed by atoms with van der Waals surface area (Å²) in [7, 11) is 0. The predicted octanol–water partition coefficient (Wildman–Crippen LogP) is 12.4. The van der Waals surface area contributed by atoms with Gasteiger partial charge >= 0.3 is 0 Å². The summed E-state index contributed by atoms with van der Waals surface area (Å²) >= 11 is 0. The van der Waals surface area contributed by atoms with Crippen molar-refractivity contribution in [3.05, 3.63) is 164 Å². The second kappa shape index (κ2) is 10.8. The van der Waals surface area contributed by atoms with Gasteiger partial charge in [-0.25, -0.2) is 9.97 Å². The maximum atomic E-state index is 7.04. The van der Waals surface area contributed by atoms with E-state index in [9.17, 15) is 0 Å². The third-order valence-corrected chi connectivity index (χ3v) is 10.0. The molecule has 11 rings (SSSR count). The molecular weight excluding hydrogens is 627 g/mol. The minimum Gasteiger partial charge on any atom is -0.456 e. The van der Waals surface area contributed by atoms with E-state index in [0.717, 1.165) is 83.1 Å². The summed E-state index contributed by atoms with van der Waals surface area (Å²) in [6.07, 6.45) is 0. The van der Waals surface area contributed by atoms with E-state index in [1.807, 2.05) is 48.5 Å². The molecule has 0 spiro atoms. The molecule has 0 amide bonds. The number of nitrogens with zero attached hydrogens (tertiary/aromatic N) is 3. The summed E-state index contributed by atoms with van der Waals surface area (Å²) in [6.45, 7) is 0. The van der Waals surface area contributed by atoms with Crippen molar-refractivity contribution in [3.63, 3.8) is 0 Å². The predicted molar refractivity (Wildman–Crippen MR) is 207 cm³/mol. The molecule has 0 radical (unpaired) electrons. The Morgan fingerprint density at radius 1 is 0.412 bits per heavy atom. The molecule has 11 aromatic rings. The lowest BCUT2D eigenvalue weighted by molar-refractivity contribution is 0.668. The molecule has 0 unspecified atom stereocenters. The molecule has 4 heterocycles. The van der Waals surface area contributed by atoms with E-state index >= 15 is 0 Å². The molecule has 5 nitrogen and oxygen atoms in total. The Labute approximate surface area is 291 Å². The van der Waals surface area contributed by atoms with Gasteiger partial charge in [-0.3, -0.25) is 0 Å². The number of fused-ring (bicyclic) bond motifs is 9. The molecule has 4 aromatic heterocycles. The van der Waals surface area contributed by atoms with Crippen LogP contribution in [0.2, 0.25) is 0 Å². The van der Waals surface area contributed by atoms with Crippen LogP contribution >= 0.6 is 0 Å². The normalized spacial score (nSPS) is 11.9. The Morgan fingerprint density at radius 3 is 1.94 bits per heavy atom. The van der Waals surface area contributed by atoms with E-state index in [0.29, 0.717) is 11.4 Å². The van der Waals surface area contributed by atoms with Gasteiger partial charge in [0.15, 0.2) is 11.4 Å². The smallest absolute Gasteiger partial charge is 0.180 e. The maximum absolute atomic E-state index is 7.04. The molecule has 0 aliphatic rings. The molecule has 0 aliphatic carbocycles. The van der Waals surface area contributed by atoms with Crippen LogP contribution in [-0.2, 0) is 0 Å². The largest absolute Gasteiger partial charge is 0.456 e. The fourth-order valence-electron chi connectivity index (χ4n) is 7.85. The number of aromatic nitrogens is 3. The van der Waals surface area contributed by atoms with Crippen molar-refractivity contribution < 1.29 is 8.83 Å². The number of furan rings is 2. The first-order valence-corrected chi connectivity index (χ1v) is 17.1. The minimum atomic E-state index is 0.643. The summed E-state index contributed by atoms with van der Waals surface area (Å²) in [5.74, 6) is 0.643. The highest BCUT2D eigenvalue weighted by Crippen LogP contribution is 2.45. The van der Waals surface area contributed by atoms with E-state index in [-0.39, 0.29) is 0 Å². The van der Waals surface area contributed by atoms with Gasteiger partial charge in [0, 0.05) is 49.3 Å². The second-order valence-corrected chi connectivity index (χ2v) is 12.9. The zero-order valence-corrected chi connectivity index (χ0v) is 27.2. The molecule has 0 bridgehead atoms. The third kappa shape index (κ3) is 4.09. The fourth-order valence-corrected chi connectivity index (χ4v) is 7.85. The summed E-state index contributed by atoms with van der Waals surface area (Å²) in [5, 5.41) is 5.35. The van der Waals surface area contributed by atoms with Gasteiger partial charge in [-0.1, -0.05) is 121 Å². The van der Waals surface area contributed by atoms with Crippen LogP contribution in [0.5, 0.6) is 0 Å². The Morgan fingerprint density at radius 2 is 1.06 bits per heavy atom. The third-order valence-electron chi connectivity index (χ3n) is 10.0. The number of rotatable bonds is 4. The molecular formula is C46H27N3O2. The van der Waals surface area contributed by atoms with Crippen molar-refractivity contribution in [3.8, 4) is 39.5 Å². The molecule has 0 fully saturated rings. The van der Waals surface area contributed by atoms with Gasteiger partial charge in [0.2, 0.25) is 0 Å². The molecule has 0 atom stereocenters. The lowest BCUT2D eigenvalue weighted by Crippen LogP contribution is -1.94. The minimum absolute atomic E-state index is 0.643. The Bertz CT molecular complexity index is 3130. The summed E-state index contributed by atoms with van der Waals surface area (Å²) in [5.41, 5.74) is 12.0. The highest BCUT2D eigenvalue weighted by atomic mass is 16.3. The standard InChI is InChI=1S/C46H27N3O2/c1-3-14-28(15-4-1)46-47-42(34-22-13-27-39-41(34)33-19-8-10-26-38(33)50-39)45-43(48-46)35-23-11-21-31(44(35)51-45)30-20-12-25-37-40(30)32-18-7-9-24-36(32)49(37)29-16-5-2-6-17-29/h1-27H. The number of para-hydroxylation sites is 4. The lowest BCUT2D eigenvalue weighted by atomic mass is 9.98. The highest BCUT2D eigenvalue weighted by molar-refractivity contribution is 6.20. The van der Waals surface area contributed by atoms with Crippen LogP contribution < -0.4 is 0 Å². The first-order chi connectivity index (χ1) is 25.3. The van der Waals surface area contributed by atoms with Crippen molar-refractivity contribution in [1.29, 1.82) is 0 Å². The van der Waals surface area contributed by atoms with Crippen LogP contribution in [0.1, 0.15) is 0 Å². The lowest BCUT2D eigenvalue weighted by Gasteiger charge is -2.09. The van der Waals surface area contributed by atoms with E-state index in [1.54, 1.807) is 0 Å². The highest BCUT2D eigenvalue weighted by Gasteiger charge is 2.24. The number of benzene rings is 7. The molecule has 0 N–H and O–H groups in total. The van der Waals surface area contributed by atoms with Crippen molar-refractivity contribution in [2.24, 2.45) is 0 Å². The zero-order chi connectivity index (χ0) is 33.5. The van der Waals surface area contributed by atoms with Gasteiger partial charge in [-0.2, -0.15) is 0 Å². The van der Waals surface area contributed by atoms with E-state index < -0.39 is 0 Å². The van der Waals surface area contributed by atoms with Gasteiger partial charge in [0.05, 0.1) is 11.0 Å².